The van der Waals surface area contributed by atoms with Gasteiger partial charge in [0, 0.05) is 12.2 Å². The van der Waals surface area contributed by atoms with E-state index < -0.39 is 5.97 Å². The van der Waals surface area contributed by atoms with Crippen LogP contribution in [0.3, 0.4) is 0 Å². The highest BCUT2D eigenvalue weighted by molar-refractivity contribution is 5.87. The average Bonchev–Trinajstić information content (AvgIpc) is 2.36. The molecule has 0 saturated heterocycles. The van der Waals surface area contributed by atoms with Crippen molar-refractivity contribution in [3.63, 3.8) is 0 Å². The van der Waals surface area contributed by atoms with Gasteiger partial charge in [-0.15, -0.1) is 0 Å². The molecule has 0 spiro atoms. The van der Waals surface area contributed by atoms with Crippen molar-refractivity contribution >= 4 is 5.97 Å². The van der Waals surface area contributed by atoms with Crippen molar-refractivity contribution in [1.29, 1.82) is 0 Å². The molecule has 0 aliphatic heterocycles. The van der Waals surface area contributed by atoms with E-state index in [1.807, 2.05) is 0 Å². The summed E-state index contributed by atoms with van der Waals surface area (Å²) in [6.45, 7) is 0.0787. The lowest BCUT2D eigenvalue weighted by atomic mass is 9.98. The largest absolute Gasteiger partial charge is 0.478 e. The topological polar surface area (TPSA) is 57.5 Å². The van der Waals surface area contributed by atoms with Gasteiger partial charge in [-0.05, 0) is 25.2 Å². The Balaban J connectivity index is 2.55. The molecule has 62 valence electrons. The van der Waals surface area contributed by atoms with Gasteiger partial charge >= 0.3 is 5.97 Å². The fourth-order valence-corrected chi connectivity index (χ4v) is 1.48. The molecule has 1 aliphatic rings. The molecule has 0 aromatic carbocycles. The van der Waals surface area contributed by atoms with E-state index in [1.165, 1.54) is 0 Å². The number of aliphatic carboxylic acids is 1. The Kier molecular flexibility index (Phi) is 2.65. The van der Waals surface area contributed by atoms with Crippen LogP contribution in [0.2, 0.25) is 0 Å². The zero-order chi connectivity index (χ0) is 8.27. The smallest absolute Gasteiger partial charge is 0.331 e. The first-order valence-corrected chi connectivity index (χ1v) is 3.80. The summed E-state index contributed by atoms with van der Waals surface area (Å²) in [6, 6.07) is 0. The quantitative estimate of drug-likeness (QED) is 0.635. The molecule has 1 unspecified atom stereocenters. The van der Waals surface area contributed by atoms with Crippen LogP contribution >= 0.6 is 0 Å². The molecule has 3 heteroatoms. The van der Waals surface area contributed by atoms with Gasteiger partial charge in [0.2, 0.25) is 0 Å². The van der Waals surface area contributed by atoms with Crippen molar-refractivity contribution in [3.05, 3.63) is 11.6 Å². The molecule has 0 bridgehead atoms. The third-order valence-electron chi connectivity index (χ3n) is 2.04. The first-order chi connectivity index (χ1) is 5.25. The molecule has 0 aromatic heterocycles. The summed E-state index contributed by atoms with van der Waals surface area (Å²) in [5.74, 6) is -0.751. The maximum absolute atomic E-state index is 10.5. The molecular formula is C8H12O3. The van der Waals surface area contributed by atoms with Gasteiger partial charge in [-0.3, -0.25) is 0 Å². The van der Waals surface area contributed by atoms with E-state index in [1.54, 1.807) is 6.08 Å². The highest BCUT2D eigenvalue weighted by atomic mass is 16.4. The van der Waals surface area contributed by atoms with Gasteiger partial charge < -0.3 is 10.2 Å². The predicted octanol–water partition coefficient (Wildman–Crippen LogP) is 0.790. The number of hydrogen-bond acceptors (Lipinski definition) is 2. The van der Waals surface area contributed by atoms with Gasteiger partial charge in [0.05, 0.1) is 0 Å². The Morgan fingerprint density at radius 1 is 1.73 bits per heavy atom. The fourth-order valence-electron chi connectivity index (χ4n) is 1.48. The number of carboxylic acid groups (broad SMARTS) is 1. The molecule has 0 heterocycles. The molecule has 1 aliphatic carbocycles. The number of aliphatic hydroxyl groups is 1. The molecule has 0 aromatic rings. The Morgan fingerprint density at radius 2 is 2.45 bits per heavy atom. The standard InChI is InChI=1S/C8H12O3/c9-5-4-6-2-1-3-7(6)8(10)11/h3,6,9H,1-2,4-5H2,(H,10,11). The number of carboxylic acids is 1. The molecule has 0 radical (unpaired) electrons. The van der Waals surface area contributed by atoms with Gasteiger partial charge in [0.1, 0.15) is 0 Å². The summed E-state index contributed by atoms with van der Waals surface area (Å²) in [7, 11) is 0. The van der Waals surface area contributed by atoms with Gasteiger partial charge in [-0.1, -0.05) is 6.08 Å². The number of allylic oxidation sites excluding steroid dienone is 1. The van der Waals surface area contributed by atoms with Crippen molar-refractivity contribution < 1.29 is 15.0 Å². The number of aliphatic hydroxyl groups excluding tert-OH is 1. The molecular weight excluding hydrogens is 144 g/mol. The second-order valence-electron chi connectivity index (χ2n) is 2.75. The van der Waals surface area contributed by atoms with Crippen LogP contribution in [0.25, 0.3) is 0 Å². The first-order valence-electron chi connectivity index (χ1n) is 3.80. The summed E-state index contributed by atoms with van der Waals surface area (Å²) in [4.78, 5) is 10.5. The zero-order valence-corrected chi connectivity index (χ0v) is 6.29. The maximum atomic E-state index is 10.5. The van der Waals surface area contributed by atoms with Crippen molar-refractivity contribution in [2.45, 2.75) is 19.3 Å². The van der Waals surface area contributed by atoms with Gasteiger partial charge in [-0.25, -0.2) is 4.79 Å². The summed E-state index contributed by atoms with van der Waals surface area (Å²) < 4.78 is 0. The highest BCUT2D eigenvalue weighted by Gasteiger charge is 2.23. The zero-order valence-electron chi connectivity index (χ0n) is 6.29. The number of hydrogen-bond donors (Lipinski definition) is 2. The van der Waals surface area contributed by atoms with Gasteiger partial charge in [0.15, 0.2) is 0 Å². The average molecular weight is 156 g/mol. The number of rotatable bonds is 3. The van der Waals surface area contributed by atoms with Crippen LogP contribution < -0.4 is 0 Å². The minimum Gasteiger partial charge on any atom is -0.478 e. The monoisotopic (exact) mass is 156 g/mol. The minimum absolute atomic E-state index is 0.0787. The third-order valence-corrected chi connectivity index (χ3v) is 2.04. The molecule has 0 amide bonds. The summed E-state index contributed by atoms with van der Waals surface area (Å²) in [5, 5.41) is 17.3. The van der Waals surface area contributed by atoms with Gasteiger partial charge in [-0.2, -0.15) is 0 Å². The van der Waals surface area contributed by atoms with E-state index in [4.69, 9.17) is 10.2 Å². The SMILES string of the molecule is O=C(O)C1=CCCC1CCO. The summed E-state index contributed by atoms with van der Waals surface area (Å²) in [5.41, 5.74) is 0.485. The molecule has 2 N–H and O–H groups in total. The molecule has 11 heavy (non-hydrogen) atoms. The fraction of sp³-hybridized carbons (Fsp3) is 0.625. The van der Waals surface area contributed by atoms with Crippen LogP contribution in [0.4, 0.5) is 0 Å². The highest BCUT2D eigenvalue weighted by Crippen LogP contribution is 2.28. The lowest BCUT2D eigenvalue weighted by Gasteiger charge is -2.08. The number of carbonyl (C=O) groups is 1. The van der Waals surface area contributed by atoms with E-state index in [0.717, 1.165) is 12.8 Å². The Bertz CT molecular complexity index is 184. The Morgan fingerprint density at radius 3 is 3.00 bits per heavy atom. The molecule has 1 atom stereocenters. The van der Waals surface area contributed by atoms with Crippen molar-refractivity contribution in [2.75, 3.05) is 6.61 Å². The maximum Gasteiger partial charge on any atom is 0.331 e. The van der Waals surface area contributed by atoms with Crippen molar-refractivity contribution in [3.8, 4) is 0 Å². The Labute approximate surface area is 65.3 Å². The normalized spacial score (nSPS) is 23.4. The van der Waals surface area contributed by atoms with Crippen LogP contribution in [-0.2, 0) is 4.79 Å². The van der Waals surface area contributed by atoms with Gasteiger partial charge in [0.25, 0.3) is 0 Å². The molecule has 0 fully saturated rings. The van der Waals surface area contributed by atoms with Crippen LogP contribution in [0, 0.1) is 5.92 Å². The summed E-state index contributed by atoms with van der Waals surface area (Å²) >= 11 is 0. The van der Waals surface area contributed by atoms with Crippen LogP contribution in [0.5, 0.6) is 0 Å². The minimum atomic E-state index is -0.832. The lowest BCUT2D eigenvalue weighted by molar-refractivity contribution is -0.133. The van der Waals surface area contributed by atoms with Crippen LogP contribution in [0.1, 0.15) is 19.3 Å². The molecule has 3 nitrogen and oxygen atoms in total. The van der Waals surface area contributed by atoms with E-state index in [9.17, 15) is 4.79 Å². The molecule has 0 saturated carbocycles. The third kappa shape index (κ3) is 1.80. The molecule has 1 rings (SSSR count). The van der Waals surface area contributed by atoms with Crippen molar-refractivity contribution in [2.24, 2.45) is 5.92 Å². The lowest BCUT2D eigenvalue weighted by Crippen LogP contribution is -2.10. The van der Waals surface area contributed by atoms with E-state index >= 15 is 0 Å². The predicted molar refractivity (Wildman–Crippen MR) is 40.1 cm³/mol. The van der Waals surface area contributed by atoms with Crippen LogP contribution in [0.15, 0.2) is 11.6 Å². The summed E-state index contributed by atoms with van der Waals surface area (Å²) in [6.07, 6.45) is 4.05. The second kappa shape index (κ2) is 3.53. The van der Waals surface area contributed by atoms with E-state index in [0.29, 0.717) is 12.0 Å². The second-order valence-corrected chi connectivity index (χ2v) is 2.75. The van der Waals surface area contributed by atoms with E-state index in [2.05, 4.69) is 0 Å². The van der Waals surface area contributed by atoms with Crippen molar-refractivity contribution in [1.82, 2.24) is 0 Å². The van der Waals surface area contributed by atoms with E-state index in [-0.39, 0.29) is 12.5 Å². The first kappa shape index (κ1) is 8.27. The van der Waals surface area contributed by atoms with Crippen LogP contribution in [-0.4, -0.2) is 22.8 Å². The Hall–Kier alpha value is -0.830.